The maximum atomic E-state index is 11.8. The summed E-state index contributed by atoms with van der Waals surface area (Å²) in [5.74, 6) is 0.744. The van der Waals surface area contributed by atoms with Gasteiger partial charge in [-0.2, -0.15) is 0 Å². The molecule has 1 aliphatic rings. The Kier molecular flexibility index (Phi) is 14.8. The summed E-state index contributed by atoms with van der Waals surface area (Å²) < 4.78 is 16.4. The number of alkyl carbamates (subject to hydrolysis) is 1. The van der Waals surface area contributed by atoms with Crippen LogP contribution < -0.4 is 5.32 Å². The van der Waals surface area contributed by atoms with Crippen LogP contribution in [0.3, 0.4) is 0 Å². The monoisotopic (exact) mass is 375 g/mol. The molecule has 6 heteroatoms. The number of halogens is 1. The highest BCUT2D eigenvalue weighted by molar-refractivity contribution is 6.17. The summed E-state index contributed by atoms with van der Waals surface area (Å²) in [5.41, 5.74) is 0. The van der Waals surface area contributed by atoms with E-state index in [1.165, 1.54) is 6.42 Å². The van der Waals surface area contributed by atoms with Gasteiger partial charge in [-0.1, -0.05) is 25.0 Å². The summed E-state index contributed by atoms with van der Waals surface area (Å²) in [6.45, 7) is 2.85. The summed E-state index contributed by atoms with van der Waals surface area (Å²) in [6.07, 6.45) is 13.5. The molecule has 0 spiro atoms. The Bertz CT molecular complexity index is 352. The maximum absolute atomic E-state index is 11.8. The lowest BCUT2D eigenvalue weighted by Crippen LogP contribution is -2.31. The van der Waals surface area contributed by atoms with Gasteiger partial charge in [0.1, 0.15) is 6.10 Å². The molecule has 0 fully saturated rings. The molecule has 1 N–H and O–H groups in total. The number of carbonyl (C=O) groups excluding carboxylic acids is 1. The van der Waals surface area contributed by atoms with Crippen LogP contribution in [-0.2, 0) is 14.2 Å². The fourth-order valence-corrected chi connectivity index (χ4v) is 2.82. The van der Waals surface area contributed by atoms with E-state index in [0.29, 0.717) is 26.4 Å². The number of hydrogen-bond donors (Lipinski definition) is 1. The summed E-state index contributed by atoms with van der Waals surface area (Å²) in [6, 6.07) is 0. The topological polar surface area (TPSA) is 56.8 Å². The first-order valence-electron chi connectivity index (χ1n) is 9.64. The van der Waals surface area contributed by atoms with Gasteiger partial charge in [0.25, 0.3) is 0 Å². The molecule has 25 heavy (non-hydrogen) atoms. The van der Waals surface area contributed by atoms with E-state index in [4.69, 9.17) is 25.8 Å². The van der Waals surface area contributed by atoms with Crippen molar-refractivity contribution in [3.8, 4) is 0 Å². The second-order valence-corrected chi connectivity index (χ2v) is 6.64. The molecular weight excluding hydrogens is 342 g/mol. The van der Waals surface area contributed by atoms with E-state index in [2.05, 4.69) is 17.5 Å². The standard InChI is InChI=1S/C19H34ClNO4/c20-12-8-4-5-9-14-23-16-17-24-15-13-21-19(22)25-18-10-6-2-1-3-7-11-18/h1-2,18H,3-17H2,(H,21,22)/b2-1+. The summed E-state index contributed by atoms with van der Waals surface area (Å²) >= 11 is 5.62. The number of carbonyl (C=O) groups is 1. The Hall–Kier alpha value is -0.780. The predicted molar refractivity (Wildman–Crippen MR) is 101 cm³/mol. The zero-order valence-electron chi connectivity index (χ0n) is 15.3. The van der Waals surface area contributed by atoms with E-state index < -0.39 is 0 Å². The number of alkyl halides is 1. The first kappa shape index (κ1) is 22.3. The summed E-state index contributed by atoms with van der Waals surface area (Å²) in [5, 5.41) is 2.74. The molecule has 0 saturated carbocycles. The molecule has 0 aromatic carbocycles. The zero-order valence-corrected chi connectivity index (χ0v) is 16.1. The zero-order chi connectivity index (χ0) is 18.0. The van der Waals surface area contributed by atoms with Crippen LogP contribution in [0.4, 0.5) is 4.79 Å². The molecule has 1 rings (SSSR count). The van der Waals surface area contributed by atoms with Gasteiger partial charge < -0.3 is 19.5 Å². The molecule has 0 bridgehead atoms. The number of nitrogens with one attached hydrogen (secondary N) is 1. The molecule has 146 valence electrons. The Morgan fingerprint density at radius 2 is 1.72 bits per heavy atom. The van der Waals surface area contributed by atoms with Crippen LogP contribution in [-0.4, -0.2) is 51.0 Å². The Labute approximate surface area is 157 Å². The van der Waals surface area contributed by atoms with Crippen LogP contribution >= 0.6 is 11.6 Å². The van der Waals surface area contributed by atoms with Gasteiger partial charge in [-0.3, -0.25) is 0 Å². The molecule has 0 heterocycles. The molecule has 5 nitrogen and oxygen atoms in total. The summed E-state index contributed by atoms with van der Waals surface area (Å²) in [7, 11) is 0. The van der Waals surface area contributed by atoms with Crippen molar-refractivity contribution in [3.63, 3.8) is 0 Å². The molecule has 1 atom stereocenters. The van der Waals surface area contributed by atoms with Crippen molar-refractivity contribution < 1.29 is 19.0 Å². The first-order chi connectivity index (χ1) is 12.3. The molecule has 0 aromatic rings. The molecule has 0 aliphatic heterocycles. The number of allylic oxidation sites excluding steroid dienone is 2. The largest absolute Gasteiger partial charge is 0.446 e. The van der Waals surface area contributed by atoms with Crippen molar-refractivity contribution in [2.24, 2.45) is 0 Å². The van der Waals surface area contributed by atoms with Gasteiger partial charge in [0, 0.05) is 19.0 Å². The molecule has 0 radical (unpaired) electrons. The van der Waals surface area contributed by atoms with Crippen molar-refractivity contribution in [2.45, 2.75) is 63.9 Å². The highest BCUT2D eigenvalue weighted by atomic mass is 35.5. The Morgan fingerprint density at radius 1 is 0.960 bits per heavy atom. The van der Waals surface area contributed by atoms with E-state index >= 15 is 0 Å². The van der Waals surface area contributed by atoms with Crippen LogP contribution in [0.15, 0.2) is 12.2 Å². The fraction of sp³-hybridized carbons (Fsp3) is 0.842. The fourth-order valence-electron chi connectivity index (χ4n) is 2.64. The minimum Gasteiger partial charge on any atom is -0.446 e. The molecule has 1 unspecified atom stereocenters. The van der Waals surface area contributed by atoms with Gasteiger partial charge >= 0.3 is 6.09 Å². The van der Waals surface area contributed by atoms with E-state index in [0.717, 1.165) is 63.9 Å². The molecule has 1 amide bonds. The van der Waals surface area contributed by atoms with E-state index in [9.17, 15) is 4.79 Å². The molecule has 0 aromatic heterocycles. The Morgan fingerprint density at radius 3 is 2.56 bits per heavy atom. The van der Waals surface area contributed by atoms with Crippen LogP contribution in [0.2, 0.25) is 0 Å². The maximum Gasteiger partial charge on any atom is 0.407 e. The lowest BCUT2D eigenvalue weighted by atomic mass is 10.0. The van der Waals surface area contributed by atoms with Crippen LogP contribution in [0.5, 0.6) is 0 Å². The highest BCUT2D eigenvalue weighted by Gasteiger charge is 2.14. The third-order valence-corrected chi connectivity index (χ3v) is 4.32. The van der Waals surface area contributed by atoms with E-state index in [1.807, 2.05) is 0 Å². The normalized spacial score (nSPS) is 19.0. The van der Waals surface area contributed by atoms with E-state index in [1.54, 1.807) is 0 Å². The van der Waals surface area contributed by atoms with Crippen molar-refractivity contribution in [3.05, 3.63) is 12.2 Å². The van der Waals surface area contributed by atoms with Crippen LogP contribution in [0.25, 0.3) is 0 Å². The lowest BCUT2D eigenvalue weighted by molar-refractivity contribution is 0.0451. The van der Waals surface area contributed by atoms with Crippen molar-refractivity contribution in [1.29, 1.82) is 0 Å². The summed E-state index contributed by atoms with van der Waals surface area (Å²) in [4.78, 5) is 11.8. The quantitative estimate of drug-likeness (QED) is 0.294. The molecule has 1 aliphatic carbocycles. The van der Waals surface area contributed by atoms with E-state index in [-0.39, 0.29) is 12.2 Å². The van der Waals surface area contributed by atoms with Gasteiger partial charge in [-0.25, -0.2) is 4.79 Å². The van der Waals surface area contributed by atoms with Crippen molar-refractivity contribution >= 4 is 17.7 Å². The van der Waals surface area contributed by atoms with Gasteiger partial charge in [0.15, 0.2) is 0 Å². The van der Waals surface area contributed by atoms with Crippen molar-refractivity contribution in [1.82, 2.24) is 5.32 Å². The molecule has 0 saturated heterocycles. The highest BCUT2D eigenvalue weighted by Crippen LogP contribution is 2.15. The predicted octanol–water partition coefficient (Wildman–Crippen LogP) is 4.43. The van der Waals surface area contributed by atoms with Gasteiger partial charge in [-0.15, -0.1) is 11.6 Å². The third kappa shape index (κ3) is 14.1. The van der Waals surface area contributed by atoms with Crippen LogP contribution in [0.1, 0.15) is 57.8 Å². The number of rotatable bonds is 13. The van der Waals surface area contributed by atoms with Gasteiger partial charge in [0.2, 0.25) is 0 Å². The average Bonchev–Trinajstić information content (AvgIpc) is 2.58. The lowest BCUT2D eigenvalue weighted by Gasteiger charge is -2.18. The number of unbranched alkanes of at least 4 members (excludes halogenated alkanes) is 3. The third-order valence-electron chi connectivity index (χ3n) is 4.05. The second-order valence-electron chi connectivity index (χ2n) is 6.26. The SMILES string of the molecule is O=C(NCCOCCOCCCCCCCl)OC1CC/C=C/CCC1. The average molecular weight is 376 g/mol. The van der Waals surface area contributed by atoms with Gasteiger partial charge in [0.05, 0.1) is 19.8 Å². The number of hydrogen-bond acceptors (Lipinski definition) is 4. The smallest absolute Gasteiger partial charge is 0.407 e. The number of ether oxygens (including phenoxy) is 3. The minimum absolute atomic E-state index is 0.0312. The van der Waals surface area contributed by atoms with Crippen LogP contribution in [0, 0.1) is 0 Å². The second kappa shape index (κ2) is 16.7. The Balaban J connectivity index is 1.85. The molecular formula is C19H34ClNO4. The van der Waals surface area contributed by atoms with Crippen molar-refractivity contribution in [2.75, 3.05) is 38.9 Å². The minimum atomic E-state index is -0.341. The number of amides is 1. The van der Waals surface area contributed by atoms with Gasteiger partial charge in [-0.05, 0) is 44.9 Å². The first-order valence-corrected chi connectivity index (χ1v) is 10.2.